The van der Waals surface area contributed by atoms with Gasteiger partial charge in [0.05, 0.1) is 22.6 Å². The summed E-state index contributed by atoms with van der Waals surface area (Å²) >= 11 is 6.03. The van der Waals surface area contributed by atoms with Crippen molar-refractivity contribution in [3.05, 3.63) is 45.2 Å². The van der Waals surface area contributed by atoms with Gasteiger partial charge < -0.3 is 5.11 Å². The topological polar surface area (TPSA) is 76.4 Å². The number of carbonyl (C=O) groups is 2. The number of nitrogens with zero attached hydrogens (tertiary/aromatic N) is 1. The van der Waals surface area contributed by atoms with E-state index in [0.29, 0.717) is 10.9 Å². The van der Waals surface area contributed by atoms with Crippen LogP contribution in [0.2, 0.25) is 5.02 Å². The molecule has 6 heteroatoms. The van der Waals surface area contributed by atoms with Crippen LogP contribution in [0.3, 0.4) is 0 Å². The largest absolute Gasteiger partial charge is 0.478 e. The lowest BCUT2D eigenvalue weighted by atomic mass is 10.1. The summed E-state index contributed by atoms with van der Waals surface area (Å²) in [5.41, 5.74) is 0.0487. The number of fused-ring (bicyclic) bond motifs is 1. The predicted octanol–water partition coefficient (Wildman–Crippen LogP) is 1.94. The van der Waals surface area contributed by atoms with E-state index >= 15 is 0 Å². The summed E-state index contributed by atoms with van der Waals surface area (Å²) in [6.07, 6.45) is 0. The van der Waals surface area contributed by atoms with Gasteiger partial charge in [0, 0.05) is 11.5 Å². The van der Waals surface area contributed by atoms with Gasteiger partial charge in [0.1, 0.15) is 5.78 Å². The van der Waals surface area contributed by atoms with Gasteiger partial charge in [-0.1, -0.05) is 11.6 Å². The average molecular weight is 280 g/mol. The molecule has 1 aromatic carbocycles. The SMILES string of the molecule is CC(=O)Cn1c(=O)ccc2cc(C(=O)O)cc(Cl)c21. The van der Waals surface area contributed by atoms with Gasteiger partial charge in [-0.2, -0.15) is 0 Å². The standard InChI is InChI=1S/C13H10ClNO4/c1-7(16)6-15-11(17)3-2-8-4-9(13(18)19)5-10(14)12(8)15/h2-5H,6H2,1H3,(H,18,19). The van der Waals surface area contributed by atoms with Gasteiger partial charge >= 0.3 is 5.97 Å². The molecule has 1 N–H and O–H groups in total. The van der Waals surface area contributed by atoms with Crippen molar-refractivity contribution in [3.63, 3.8) is 0 Å². The van der Waals surface area contributed by atoms with Crippen LogP contribution in [-0.4, -0.2) is 21.4 Å². The molecule has 0 fully saturated rings. The van der Waals surface area contributed by atoms with Crippen LogP contribution in [0, 0.1) is 0 Å². The molecule has 1 aromatic heterocycles. The van der Waals surface area contributed by atoms with E-state index in [1.54, 1.807) is 0 Å². The number of hydrogen-bond acceptors (Lipinski definition) is 3. The first-order chi connectivity index (χ1) is 8.90. The Balaban J connectivity index is 2.82. The Bertz CT molecular complexity index is 748. The summed E-state index contributed by atoms with van der Waals surface area (Å²) in [6, 6.07) is 5.46. The van der Waals surface area contributed by atoms with Crippen molar-refractivity contribution in [1.82, 2.24) is 4.57 Å². The molecule has 0 aliphatic rings. The number of halogens is 1. The fourth-order valence-electron chi connectivity index (χ4n) is 1.90. The Hall–Kier alpha value is -2.14. The van der Waals surface area contributed by atoms with E-state index in [4.69, 9.17) is 16.7 Å². The molecule has 0 saturated heterocycles. The molecule has 0 spiro atoms. The van der Waals surface area contributed by atoms with Crippen LogP contribution in [0.5, 0.6) is 0 Å². The number of carboxylic acids is 1. The van der Waals surface area contributed by atoms with Crippen LogP contribution in [0.25, 0.3) is 10.9 Å². The lowest BCUT2D eigenvalue weighted by Crippen LogP contribution is -2.23. The van der Waals surface area contributed by atoms with E-state index < -0.39 is 5.97 Å². The summed E-state index contributed by atoms with van der Waals surface area (Å²) in [4.78, 5) is 33.9. The van der Waals surface area contributed by atoms with Gasteiger partial charge in [0.15, 0.2) is 0 Å². The molecular weight excluding hydrogens is 270 g/mol. The minimum absolute atomic E-state index is 0.0329. The van der Waals surface area contributed by atoms with Crippen LogP contribution in [0.4, 0.5) is 0 Å². The Morgan fingerprint density at radius 3 is 2.58 bits per heavy atom. The summed E-state index contributed by atoms with van der Waals surface area (Å²) in [7, 11) is 0. The van der Waals surface area contributed by atoms with Crippen molar-refractivity contribution in [2.75, 3.05) is 0 Å². The highest BCUT2D eigenvalue weighted by Gasteiger charge is 2.12. The molecule has 0 atom stereocenters. The zero-order valence-electron chi connectivity index (χ0n) is 10.0. The second-order valence-electron chi connectivity index (χ2n) is 4.16. The molecule has 0 bridgehead atoms. The number of Topliss-reactive ketones (excluding diaryl/α,β-unsaturated/α-hetero) is 1. The number of carbonyl (C=O) groups excluding carboxylic acids is 1. The number of ketones is 1. The number of hydrogen-bond donors (Lipinski definition) is 1. The number of rotatable bonds is 3. The average Bonchev–Trinajstić information content (AvgIpc) is 2.31. The van der Waals surface area contributed by atoms with E-state index in [2.05, 4.69) is 0 Å². The number of pyridine rings is 1. The molecule has 2 rings (SSSR count). The highest BCUT2D eigenvalue weighted by atomic mass is 35.5. The van der Waals surface area contributed by atoms with Crippen LogP contribution >= 0.6 is 11.6 Å². The highest BCUT2D eigenvalue weighted by molar-refractivity contribution is 6.35. The molecule has 0 amide bonds. The maximum atomic E-state index is 11.8. The molecule has 5 nitrogen and oxygen atoms in total. The van der Waals surface area contributed by atoms with E-state index in [0.717, 1.165) is 0 Å². The normalized spacial score (nSPS) is 10.6. The van der Waals surface area contributed by atoms with Gasteiger partial charge in [-0.25, -0.2) is 4.79 Å². The quantitative estimate of drug-likeness (QED) is 0.931. The molecule has 0 radical (unpaired) electrons. The Kier molecular flexibility index (Phi) is 3.40. The summed E-state index contributed by atoms with van der Waals surface area (Å²) in [5.74, 6) is -1.29. The van der Waals surface area contributed by atoms with Crippen LogP contribution in [0.15, 0.2) is 29.1 Å². The van der Waals surface area contributed by atoms with Gasteiger partial charge in [-0.3, -0.25) is 14.2 Å². The third-order valence-corrected chi connectivity index (χ3v) is 2.95. The molecule has 98 valence electrons. The van der Waals surface area contributed by atoms with Crippen molar-refractivity contribution in [2.45, 2.75) is 13.5 Å². The number of carboxylic acid groups (broad SMARTS) is 1. The van der Waals surface area contributed by atoms with Crippen LogP contribution < -0.4 is 5.56 Å². The Morgan fingerprint density at radius 2 is 2.00 bits per heavy atom. The third kappa shape index (κ3) is 2.51. The maximum absolute atomic E-state index is 11.8. The second kappa shape index (κ2) is 4.85. The molecule has 0 saturated carbocycles. The van der Waals surface area contributed by atoms with Crippen LogP contribution in [-0.2, 0) is 11.3 Å². The summed E-state index contributed by atoms with van der Waals surface area (Å²) in [5, 5.41) is 9.60. The summed E-state index contributed by atoms with van der Waals surface area (Å²) < 4.78 is 1.24. The minimum atomic E-state index is -1.10. The van der Waals surface area contributed by atoms with Gasteiger partial charge in [0.25, 0.3) is 5.56 Å². The van der Waals surface area contributed by atoms with E-state index in [9.17, 15) is 14.4 Å². The van der Waals surface area contributed by atoms with Crippen molar-refractivity contribution < 1.29 is 14.7 Å². The summed E-state index contributed by atoms with van der Waals surface area (Å²) in [6.45, 7) is 1.27. The smallest absolute Gasteiger partial charge is 0.335 e. The minimum Gasteiger partial charge on any atom is -0.478 e. The van der Waals surface area contributed by atoms with E-state index in [1.807, 2.05) is 0 Å². The van der Waals surface area contributed by atoms with Crippen LogP contribution in [0.1, 0.15) is 17.3 Å². The van der Waals surface area contributed by atoms with Crippen molar-refractivity contribution in [3.8, 4) is 0 Å². The van der Waals surface area contributed by atoms with Gasteiger partial charge in [-0.05, 0) is 25.1 Å². The Labute approximate surface area is 113 Å². The number of aromatic carboxylic acids is 1. The first-order valence-electron chi connectivity index (χ1n) is 5.46. The zero-order valence-corrected chi connectivity index (χ0v) is 10.8. The third-order valence-electron chi connectivity index (χ3n) is 2.66. The van der Waals surface area contributed by atoms with E-state index in [-0.39, 0.29) is 28.5 Å². The fraction of sp³-hybridized carbons (Fsp3) is 0.154. The van der Waals surface area contributed by atoms with Crippen molar-refractivity contribution in [1.29, 1.82) is 0 Å². The highest BCUT2D eigenvalue weighted by Crippen LogP contribution is 2.24. The molecule has 19 heavy (non-hydrogen) atoms. The predicted molar refractivity (Wildman–Crippen MR) is 70.9 cm³/mol. The van der Waals surface area contributed by atoms with E-state index in [1.165, 1.54) is 35.8 Å². The second-order valence-corrected chi connectivity index (χ2v) is 4.57. The molecule has 2 aromatic rings. The molecule has 0 unspecified atom stereocenters. The first-order valence-corrected chi connectivity index (χ1v) is 5.84. The zero-order chi connectivity index (χ0) is 14.2. The molecule has 0 aliphatic carbocycles. The molecule has 1 heterocycles. The molecule has 0 aliphatic heterocycles. The number of benzene rings is 1. The van der Waals surface area contributed by atoms with Crippen molar-refractivity contribution in [2.24, 2.45) is 0 Å². The Morgan fingerprint density at radius 1 is 1.32 bits per heavy atom. The lowest BCUT2D eigenvalue weighted by molar-refractivity contribution is -0.117. The van der Waals surface area contributed by atoms with Crippen molar-refractivity contribution >= 4 is 34.3 Å². The lowest BCUT2D eigenvalue weighted by Gasteiger charge is -2.10. The first kappa shape index (κ1) is 13.3. The fourth-order valence-corrected chi connectivity index (χ4v) is 2.23. The molecular formula is C13H10ClNO4. The monoisotopic (exact) mass is 279 g/mol. The number of aromatic nitrogens is 1. The van der Waals surface area contributed by atoms with Gasteiger partial charge in [0.2, 0.25) is 0 Å². The maximum Gasteiger partial charge on any atom is 0.335 e. The van der Waals surface area contributed by atoms with Gasteiger partial charge in [-0.15, -0.1) is 0 Å².